The molecule has 0 fully saturated rings. The molecule has 4 heteroatoms. The van der Waals surface area contributed by atoms with Crippen LogP contribution in [0.3, 0.4) is 0 Å². The normalized spacial score (nSPS) is 12.7. The highest BCUT2D eigenvalue weighted by atomic mass is 16.3. The molecular formula is C63H63N3O. The SMILES string of the molecule is [2H]C(C)(C)c1ccc(-n2c(-c3cc(C(C)(C)C)cc(C(C)(C)C)c3O)nc3c(-c4cc(-c5ccccc5)cc(-c5cc(-c6ccc(C(C)(C)C)cc6)ccn5)c4)cccc32)c(-c2ccccc2)c1. The predicted octanol–water partition coefficient (Wildman–Crippen LogP) is 17.1. The van der Waals surface area contributed by atoms with Gasteiger partial charge >= 0.3 is 0 Å². The fraction of sp³-hybridized carbons (Fsp3) is 0.238. The first-order valence-corrected chi connectivity index (χ1v) is 23.5. The average molecular weight is 879 g/mol. The summed E-state index contributed by atoms with van der Waals surface area (Å²) in [5.41, 5.74) is 17.2. The zero-order valence-corrected chi connectivity index (χ0v) is 41.0. The summed E-state index contributed by atoms with van der Waals surface area (Å²) in [5.74, 6) is 0.0342. The highest BCUT2D eigenvalue weighted by molar-refractivity contribution is 5.98. The Labute approximate surface area is 399 Å². The van der Waals surface area contributed by atoms with E-state index < -0.39 is 5.89 Å². The Morgan fingerprint density at radius 3 is 1.76 bits per heavy atom. The minimum atomic E-state index is -0.831. The van der Waals surface area contributed by atoms with Gasteiger partial charge in [-0.25, -0.2) is 4.98 Å². The first kappa shape index (κ1) is 43.8. The van der Waals surface area contributed by atoms with E-state index in [1.54, 1.807) is 0 Å². The molecule has 0 amide bonds. The second-order valence-electron chi connectivity index (χ2n) is 21.4. The van der Waals surface area contributed by atoms with Crippen molar-refractivity contribution in [3.63, 3.8) is 0 Å². The fourth-order valence-corrected chi connectivity index (χ4v) is 9.12. The van der Waals surface area contributed by atoms with Crippen LogP contribution in [0.2, 0.25) is 0 Å². The summed E-state index contributed by atoms with van der Waals surface area (Å²) in [6.45, 7) is 23.7. The van der Waals surface area contributed by atoms with Gasteiger partial charge in [-0.1, -0.05) is 185 Å². The molecule has 67 heavy (non-hydrogen) atoms. The second kappa shape index (κ2) is 17.3. The summed E-state index contributed by atoms with van der Waals surface area (Å²) in [5, 5.41) is 12.6. The summed E-state index contributed by atoms with van der Waals surface area (Å²) < 4.78 is 11.3. The topological polar surface area (TPSA) is 50.9 Å². The molecule has 2 aromatic heterocycles. The lowest BCUT2D eigenvalue weighted by Crippen LogP contribution is -2.17. The first-order chi connectivity index (χ1) is 32.1. The van der Waals surface area contributed by atoms with Gasteiger partial charge in [-0.3, -0.25) is 9.55 Å². The molecule has 0 aliphatic rings. The van der Waals surface area contributed by atoms with Gasteiger partial charge in [-0.2, -0.15) is 0 Å². The van der Waals surface area contributed by atoms with Crippen LogP contribution in [-0.2, 0) is 16.2 Å². The molecule has 336 valence electrons. The van der Waals surface area contributed by atoms with E-state index in [-0.39, 0.29) is 22.0 Å². The van der Waals surface area contributed by atoms with E-state index in [0.29, 0.717) is 11.4 Å². The van der Waals surface area contributed by atoms with Gasteiger partial charge in [-0.05, 0) is 127 Å². The summed E-state index contributed by atoms with van der Waals surface area (Å²) in [6.07, 6.45) is 1.91. The molecule has 1 N–H and O–H groups in total. The van der Waals surface area contributed by atoms with Crippen molar-refractivity contribution >= 4 is 11.0 Å². The second-order valence-corrected chi connectivity index (χ2v) is 21.4. The third-order valence-electron chi connectivity index (χ3n) is 13.1. The monoisotopic (exact) mass is 879 g/mol. The zero-order valence-electron chi connectivity index (χ0n) is 42.0. The molecule has 0 atom stereocenters. The number of imidazole rings is 1. The molecule has 9 rings (SSSR count). The minimum absolute atomic E-state index is 0.0656. The minimum Gasteiger partial charge on any atom is -0.507 e. The lowest BCUT2D eigenvalue weighted by atomic mass is 9.79. The Morgan fingerprint density at radius 2 is 1.12 bits per heavy atom. The molecular weight excluding hydrogens is 815 g/mol. The van der Waals surface area contributed by atoms with Crippen LogP contribution in [-0.4, -0.2) is 19.6 Å². The number of rotatable bonds is 8. The van der Waals surface area contributed by atoms with E-state index in [9.17, 15) is 5.11 Å². The maximum Gasteiger partial charge on any atom is 0.149 e. The van der Waals surface area contributed by atoms with Crippen molar-refractivity contribution in [2.45, 2.75) is 98.3 Å². The van der Waals surface area contributed by atoms with Crippen molar-refractivity contribution in [2.24, 2.45) is 0 Å². The predicted molar refractivity (Wildman–Crippen MR) is 283 cm³/mol. The molecule has 4 nitrogen and oxygen atoms in total. The number of hydrogen-bond donors (Lipinski definition) is 1. The van der Waals surface area contributed by atoms with Gasteiger partial charge in [0.05, 0.1) is 28.0 Å². The van der Waals surface area contributed by atoms with Crippen LogP contribution in [0, 0.1) is 0 Å². The lowest BCUT2D eigenvalue weighted by Gasteiger charge is -2.27. The van der Waals surface area contributed by atoms with Crippen LogP contribution >= 0.6 is 0 Å². The first-order valence-electron chi connectivity index (χ1n) is 24.0. The smallest absolute Gasteiger partial charge is 0.149 e. The van der Waals surface area contributed by atoms with E-state index in [0.717, 1.165) is 89.2 Å². The molecule has 0 saturated heterocycles. The van der Waals surface area contributed by atoms with Gasteiger partial charge in [0.25, 0.3) is 0 Å². The van der Waals surface area contributed by atoms with Gasteiger partial charge in [0.2, 0.25) is 0 Å². The Kier molecular flexibility index (Phi) is 11.3. The van der Waals surface area contributed by atoms with E-state index >= 15 is 0 Å². The van der Waals surface area contributed by atoms with Gasteiger partial charge in [0.15, 0.2) is 0 Å². The van der Waals surface area contributed by atoms with E-state index in [1.165, 1.54) is 5.56 Å². The van der Waals surface area contributed by atoms with Crippen LogP contribution in [0.25, 0.3) is 83.9 Å². The quantitative estimate of drug-likeness (QED) is 0.165. The van der Waals surface area contributed by atoms with Crippen LogP contribution < -0.4 is 0 Å². The molecule has 0 saturated carbocycles. The zero-order chi connectivity index (χ0) is 48.3. The number of hydrogen-bond acceptors (Lipinski definition) is 3. The van der Waals surface area contributed by atoms with E-state index in [4.69, 9.17) is 11.3 Å². The number of phenolic OH excluding ortho intramolecular Hbond substituents is 1. The number of fused-ring (bicyclic) bond motifs is 1. The summed E-state index contributed by atoms with van der Waals surface area (Å²) in [6, 6.07) is 57.9. The summed E-state index contributed by atoms with van der Waals surface area (Å²) >= 11 is 0. The Balaban J connectivity index is 1.34. The van der Waals surface area contributed by atoms with Crippen LogP contribution in [0.15, 0.2) is 170 Å². The van der Waals surface area contributed by atoms with Crippen LogP contribution in [0.4, 0.5) is 0 Å². The number of phenols is 1. The standard InChI is InChI=1S/C63H63N3O/c1-40(2)44-27-30-56(52(36-44)43-21-16-13-17-22-43)66-57-24-18-23-51(58(57)65-60(66)53-38-50(62(6,7)8)39-54(59(53)67)63(9,10)11)47-33-46(41-19-14-12-15-20-41)34-48(35-47)55-37-45(31-32-64-55)42-25-28-49(29-26-42)61(3,4)5/h12-40,67H,1-11H3/i40D. The molecule has 2 heterocycles. The molecule has 0 spiro atoms. The number of benzene rings is 7. The fourth-order valence-electron chi connectivity index (χ4n) is 9.12. The van der Waals surface area contributed by atoms with E-state index in [2.05, 4.69) is 225 Å². The number of aromatic hydroxyl groups is 1. The number of pyridine rings is 1. The maximum absolute atomic E-state index is 12.6. The highest BCUT2D eigenvalue weighted by Gasteiger charge is 2.29. The molecule has 0 unspecified atom stereocenters. The Hall–Kier alpha value is -7.04. The van der Waals surface area contributed by atoms with Crippen molar-refractivity contribution in [1.29, 1.82) is 0 Å². The molecule has 0 aliphatic heterocycles. The Bertz CT molecular complexity index is 3300. The molecule has 9 aromatic rings. The molecule has 7 aromatic carbocycles. The molecule has 0 bridgehead atoms. The number of aromatic nitrogens is 3. The molecule has 0 aliphatic carbocycles. The third kappa shape index (κ3) is 8.98. The van der Waals surface area contributed by atoms with Crippen molar-refractivity contribution < 1.29 is 6.48 Å². The van der Waals surface area contributed by atoms with Gasteiger partial charge in [0.1, 0.15) is 11.6 Å². The van der Waals surface area contributed by atoms with Gasteiger partial charge < -0.3 is 5.11 Å². The van der Waals surface area contributed by atoms with Gasteiger partial charge in [0, 0.05) is 29.8 Å². The number of para-hydroxylation sites is 1. The van der Waals surface area contributed by atoms with Crippen molar-refractivity contribution in [1.82, 2.24) is 14.5 Å². The largest absolute Gasteiger partial charge is 0.507 e. The van der Waals surface area contributed by atoms with Crippen molar-refractivity contribution in [3.05, 3.63) is 192 Å². The summed E-state index contributed by atoms with van der Waals surface area (Å²) in [4.78, 5) is 10.7. The average Bonchev–Trinajstić information content (AvgIpc) is 3.70. The Morgan fingerprint density at radius 1 is 0.493 bits per heavy atom. The van der Waals surface area contributed by atoms with Crippen molar-refractivity contribution in [2.75, 3.05) is 0 Å². The van der Waals surface area contributed by atoms with E-state index in [1.807, 2.05) is 26.1 Å². The highest BCUT2D eigenvalue weighted by Crippen LogP contribution is 2.46. The summed E-state index contributed by atoms with van der Waals surface area (Å²) in [7, 11) is 0. The lowest BCUT2D eigenvalue weighted by molar-refractivity contribution is 0.446. The van der Waals surface area contributed by atoms with Gasteiger partial charge in [-0.15, -0.1) is 0 Å². The third-order valence-corrected chi connectivity index (χ3v) is 13.1. The van der Waals surface area contributed by atoms with Crippen LogP contribution in [0.5, 0.6) is 5.75 Å². The number of nitrogens with zero attached hydrogens (tertiary/aromatic N) is 3. The van der Waals surface area contributed by atoms with Crippen LogP contribution in [0.1, 0.15) is 106 Å². The molecule has 0 radical (unpaired) electrons. The maximum atomic E-state index is 12.6. The van der Waals surface area contributed by atoms with Crippen molar-refractivity contribution in [3.8, 4) is 78.6 Å².